The molecule has 0 unspecified atom stereocenters. The van der Waals surface area contributed by atoms with Gasteiger partial charge in [-0.15, -0.1) is 0 Å². The van der Waals surface area contributed by atoms with E-state index in [0.717, 1.165) is 38.0 Å². The Hall–Kier alpha value is 0.540. The fraction of sp³-hybridized carbons (Fsp3) is 1.00. The first kappa shape index (κ1) is 28.5. The van der Waals surface area contributed by atoms with Crippen molar-refractivity contribution in [3.05, 3.63) is 0 Å². The molecule has 0 saturated heterocycles. The van der Waals surface area contributed by atoms with Crippen molar-refractivity contribution in [2.24, 2.45) is 0 Å². The number of phosphoric acid groups is 1. The number of rotatable bonds is 20. The third-order valence-corrected chi connectivity index (χ3v) is 13.8. The summed E-state index contributed by atoms with van der Waals surface area (Å²) < 4.78 is 31.2. The molecule has 172 valence electrons. The van der Waals surface area contributed by atoms with Gasteiger partial charge in [0.25, 0.3) is 0 Å². The predicted octanol–water partition coefficient (Wildman–Crippen LogP) is 8.63. The molecule has 0 aromatic rings. The first-order valence-electron chi connectivity index (χ1n) is 11.8. The van der Waals surface area contributed by atoms with Gasteiger partial charge in [0.05, 0.1) is 0 Å². The van der Waals surface area contributed by atoms with Crippen LogP contribution in [0.1, 0.15) is 105 Å². The topological polar surface area (TPSA) is 44.8 Å². The molecular formula is C22H50O4P2. The molecule has 0 aromatic heterocycles. The summed E-state index contributed by atoms with van der Waals surface area (Å²) in [4.78, 5) is 0. The van der Waals surface area contributed by atoms with Crippen molar-refractivity contribution in [2.45, 2.75) is 105 Å². The maximum absolute atomic E-state index is 13.4. The minimum atomic E-state index is -3.50. The van der Waals surface area contributed by atoms with Crippen LogP contribution in [0.15, 0.2) is 0 Å². The van der Waals surface area contributed by atoms with E-state index in [9.17, 15) is 4.57 Å². The summed E-state index contributed by atoms with van der Waals surface area (Å²) in [5.41, 5.74) is 0. The second-order valence-corrected chi connectivity index (χ2v) is 17.4. The van der Waals surface area contributed by atoms with Gasteiger partial charge < -0.3 is 0 Å². The van der Waals surface area contributed by atoms with E-state index in [-0.39, 0.29) is 0 Å². The summed E-state index contributed by atoms with van der Waals surface area (Å²) in [5.74, 6) is 0. The zero-order chi connectivity index (χ0) is 21.4. The van der Waals surface area contributed by atoms with E-state index in [1.165, 1.54) is 51.4 Å². The van der Waals surface area contributed by atoms with E-state index in [0.29, 0.717) is 13.2 Å². The van der Waals surface area contributed by atoms with E-state index in [2.05, 4.69) is 41.0 Å². The van der Waals surface area contributed by atoms with Gasteiger partial charge in [-0.3, -0.25) is 0 Å². The monoisotopic (exact) mass is 440 g/mol. The van der Waals surface area contributed by atoms with Crippen LogP contribution < -0.4 is 0 Å². The number of phosphoric ester groups is 1. The third kappa shape index (κ3) is 13.7. The van der Waals surface area contributed by atoms with E-state index in [1.54, 1.807) is 0 Å². The van der Waals surface area contributed by atoms with Crippen molar-refractivity contribution in [1.82, 2.24) is 0 Å². The quantitative estimate of drug-likeness (QED) is 0.140. The summed E-state index contributed by atoms with van der Waals surface area (Å²) in [6.45, 7) is 11.4. The second-order valence-electron chi connectivity index (χ2n) is 8.92. The molecule has 0 aliphatic heterocycles. The number of unbranched alkanes of at least 4 members (excludes halogenated alkanes) is 10. The molecule has 0 saturated carbocycles. The molecule has 0 rings (SSSR count). The van der Waals surface area contributed by atoms with Crippen molar-refractivity contribution in [3.8, 4) is 0 Å². The van der Waals surface area contributed by atoms with Gasteiger partial charge in [-0.1, -0.05) is 0 Å². The molecule has 0 atom stereocenters. The predicted molar refractivity (Wildman–Crippen MR) is 127 cm³/mol. The number of hydrogen-bond acceptors (Lipinski definition) is 4. The van der Waals surface area contributed by atoms with Crippen LogP contribution in [-0.2, 0) is 17.9 Å². The third-order valence-electron chi connectivity index (χ3n) is 5.84. The zero-order valence-corrected chi connectivity index (χ0v) is 21.6. The van der Waals surface area contributed by atoms with Crippen molar-refractivity contribution < 1.29 is 17.9 Å². The first-order chi connectivity index (χ1) is 13.2. The van der Waals surface area contributed by atoms with Crippen molar-refractivity contribution >= 4 is 14.7 Å². The zero-order valence-electron chi connectivity index (χ0n) is 19.8. The first-order valence-corrected chi connectivity index (χ1v) is 16.7. The van der Waals surface area contributed by atoms with Gasteiger partial charge in [0.15, 0.2) is 0 Å². The van der Waals surface area contributed by atoms with Crippen LogP contribution in [0.5, 0.6) is 0 Å². The molecule has 6 heteroatoms. The van der Waals surface area contributed by atoms with Crippen LogP contribution in [-0.4, -0.2) is 38.9 Å². The van der Waals surface area contributed by atoms with Crippen LogP contribution in [0.25, 0.3) is 0 Å². The Bertz CT molecular complexity index is 397. The molecule has 4 nitrogen and oxygen atoms in total. The van der Waals surface area contributed by atoms with Crippen molar-refractivity contribution in [1.29, 1.82) is 0 Å². The van der Waals surface area contributed by atoms with E-state index in [4.69, 9.17) is 13.4 Å². The second kappa shape index (κ2) is 15.4. The van der Waals surface area contributed by atoms with Crippen molar-refractivity contribution in [3.63, 3.8) is 0 Å². The SMILES string of the molecule is CCCCCCCCOP(=O)(OCCCCCCCC)OP(C)(C)(CC)CC. The van der Waals surface area contributed by atoms with Gasteiger partial charge in [-0.25, -0.2) is 0 Å². The van der Waals surface area contributed by atoms with Crippen LogP contribution in [0, 0.1) is 0 Å². The van der Waals surface area contributed by atoms with Gasteiger partial charge in [-0.05, 0) is 0 Å². The fourth-order valence-electron chi connectivity index (χ4n) is 2.88. The summed E-state index contributed by atoms with van der Waals surface area (Å²) in [5, 5.41) is 0. The molecule has 28 heavy (non-hydrogen) atoms. The average molecular weight is 441 g/mol. The van der Waals surface area contributed by atoms with Gasteiger partial charge in [0.2, 0.25) is 0 Å². The molecule has 0 aliphatic rings. The number of hydrogen-bond donors (Lipinski definition) is 0. The van der Waals surface area contributed by atoms with E-state index in [1.807, 2.05) is 0 Å². The molecular weight excluding hydrogens is 390 g/mol. The molecule has 0 bridgehead atoms. The van der Waals surface area contributed by atoms with Gasteiger partial charge in [0, 0.05) is 0 Å². The molecule has 0 spiro atoms. The summed E-state index contributed by atoms with van der Waals surface area (Å²) in [6, 6.07) is 0. The minimum absolute atomic E-state index is 0.458. The molecule has 0 radical (unpaired) electrons. The fourth-order valence-corrected chi connectivity index (χ4v) is 8.14. The Morgan fingerprint density at radius 1 is 0.607 bits per heavy atom. The molecule has 0 fully saturated rings. The summed E-state index contributed by atoms with van der Waals surface area (Å²) in [6.07, 6.45) is 15.9. The normalized spacial score (nSPS) is 14.1. The Labute approximate surface area is 176 Å². The Morgan fingerprint density at radius 3 is 1.32 bits per heavy atom. The van der Waals surface area contributed by atoms with Gasteiger partial charge in [-0.2, -0.15) is 0 Å². The van der Waals surface area contributed by atoms with E-state index < -0.39 is 14.7 Å². The molecule has 0 amide bonds. The Morgan fingerprint density at radius 2 is 0.964 bits per heavy atom. The van der Waals surface area contributed by atoms with Crippen LogP contribution in [0.3, 0.4) is 0 Å². The summed E-state index contributed by atoms with van der Waals surface area (Å²) in [7, 11) is -3.50. The van der Waals surface area contributed by atoms with Crippen LogP contribution in [0.4, 0.5) is 0 Å². The van der Waals surface area contributed by atoms with Gasteiger partial charge >= 0.3 is 176 Å². The maximum atomic E-state index is 13.4. The Balaban J connectivity index is 4.55. The average Bonchev–Trinajstić information content (AvgIpc) is 2.67. The molecule has 0 heterocycles. The van der Waals surface area contributed by atoms with Gasteiger partial charge in [0.1, 0.15) is 0 Å². The van der Waals surface area contributed by atoms with E-state index >= 15 is 0 Å². The standard InChI is InChI=1S/C22H50O4P2/c1-7-11-13-15-17-19-21-24-27(23,26-28(5,6,9-3)10-4)25-22-20-18-16-14-12-8-2/h7-22H2,1-6H3. The molecule has 0 aromatic carbocycles. The molecule has 0 N–H and O–H groups in total. The van der Waals surface area contributed by atoms with Crippen LogP contribution in [0.2, 0.25) is 0 Å². The Kier molecular flexibility index (Phi) is 15.7. The van der Waals surface area contributed by atoms with Crippen LogP contribution >= 0.6 is 14.7 Å². The van der Waals surface area contributed by atoms with Crippen molar-refractivity contribution in [2.75, 3.05) is 38.9 Å². The molecule has 0 aliphatic carbocycles. The summed E-state index contributed by atoms with van der Waals surface area (Å²) >= 11 is 0.